The molecule has 0 fully saturated rings. The van der Waals surface area contributed by atoms with Crippen molar-refractivity contribution in [3.8, 4) is 5.75 Å². The molecule has 0 heterocycles. The Morgan fingerprint density at radius 1 is 1.29 bits per heavy atom. The standard InChI is InChI=1S/C10H15O3P/c1-3-9-12-14(2,11)13-10-7-5-4-6-8-10/h4-8H,3,9H2,1-2H3. The highest BCUT2D eigenvalue weighted by Gasteiger charge is 2.17. The summed E-state index contributed by atoms with van der Waals surface area (Å²) in [7, 11) is -2.93. The van der Waals surface area contributed by atoms with Gasteiger partial charge in [-0.05, 0) is 18.6 Å². The molecule has 78 valence electrons. The Morgan fingerprint density at radius 2 is 1.93 bits per heavy atom. The van der Waals surface area contributed by atoms with Crippen LogP contribution in [0.4, 0.5) is 0 Å². The van der Waals surface area contributed by atoms with E-state index in [0.717, 1.165) is 6.42 Å². The number of para-hydroxylation sites is 1. The Morgan fingerprint density at radius 3 is 2.50 bits per heavy atom. The monoisotopic (exact) mass is 214 g/mol. The second-order valence-corrected chi connectivity index (χ2v) is 4.99. The van der Waals surface area contributed by atoms with Crippen LogP contribution >= 0.6 is 7.60 Å². The van der Waals surface area contributed by atoms with Gasteiger partial charge in [-0.15, -0.1) is 0 Å². The van der Waals surface area contributed by atoms with Crippen molar-refractivity contribution in [2.45, 2.75) is 13.3 Å². The SMILES string of the molecule is CCCOP(C)(=O)Oc1ccccc1. The lowest BCUT2D eigenvalue weighted by molar-refractivity contribution is 0.270. The fraction of sp³-hybridized carbons (Fsp3) is 0.400. The van der Waals surface area contributed by atoms with Crippen molar-refractivity contribution in [3.63, 3.8) is 0 Å². The molecule has 0 N–H and O–H groups in total. The Balaban J connectivity index is 2.55. The summed E-state index contributed by atoms with van der Waals surface area (Å²) in [5, 5.41) is 0. The van der Waals surface area contributed by atoms with E-state index in [9.17, 15) is 4.57 Å². The van der Waals surface area contributed by atoms with Gasteiger partial charge in [0, 0.05) is 6.66 Å². The maximum absolute atomic E-state index is 11.7. The smallest absolute Gasteiger partial charge is 0.376 e. The first kappa shape index (κ1) is 11.3. The second-order valence-electron chi connectivity index (χ2n) is 3.01. The lowest BCUT2D eigenvalue weighted by Crippen LogP contribution is -1.97. The van der Waals surface area contributed by atoms with Gasteiger partial charge in [-0.1, -0.05) is 25.1 Å². The zero-order valence-corrected chi connectivity index (χ0v) is 9.37. The molecule has 14 heavy (non-hydrogen) atoms. The predicted octanol–water partition coefficient (Wildman–Crippen LogP) is 3.31. The normalized spacial score (nSPS) is 14.7. The van der Waals surface area contributed by atoms with E-state index < -0.39 is 7.60 Å². The highest BCUT2D eigenvalue weighted by atomic mass is 31.2. The zero-order chi connectivity index (χ0) is 10.4. The van der Waals surface area contributed by atoms with Crippen molar-refractivity contribution in [1.82, 2.24) is 0 Å². The van der Waals surface area contributed by atoms with Gasteiger partial charge in [0.05, 0.1) is 6.61 Å². The average Bonchev–Trinajstić information content (AvgIpc) is 2.16. The summed E-state index contributed by atoms with van der Waals surface area (Å²) in [6.07, 6.45) is 0.829. The molecular formula is C10H15O3P. The van der Waals surface area contributed by atoms with E-state index in [0.29, 0.717) is 12.4 Å². The van der Waals surface area contributed by atoms with Crippen molar-refractivity contribution < 1.29 is 13.6 Å². The molecule has 0 radical (unpaired) electrons. The van der Waals surface area contributed by atoms with Gasteiger partial charge >= 0.3 is 7.60 Å². The fourth-order valence-electron chi connectivity index (χ4n) is 0.956. The van der Waals surface area contributed by atoms with Gasteiger partial charge in [-0.2, -0.15) is 0 Å². The third kappa shape index (κ3) is 3.95. The molecular weight excluding hydrogens is 199 g/mol. The highest BCUT2D eigenvalue weighted by Crippen LogP contribution is 2.44. The molecule has 0 saturated carbocycles. The lowest BCUT2D eigenvalue weighted by Gasteiger charge is -2.14. The number of benzene rings is 1. The molecule has 0 aromatic heterocycles. The van der Waals surface area contributed by atoms with Gasteiger partial charge in [0.25, 0.3) is 0 Å². The van der Waals surface area contributed by atoms with Gasteiger partial charge in [-0.25, -0.2) is 4.57 Å². The molecule has 1 unspecified atom stereocenters. The summed E-state index contributed by atoms with van der Waals surface area (Å²) in [6.45, 7) is 3.90. The van der Waals surface area contributed by atoms with Gasteiger partial charge in [0.2, 0.25) is 0 Å². The minimum Gasteiger partial charge on any atom is -0.425 e. The maximum atomic E-state index is 11.7. The Kier molecular flexibility index (Phi) is 4.18. The van der Waals surface area contributed by atoms with Crippen LogP contribution in [-0.4, -0.2) is 13.3 Å². The maximum Gasteiger partial charge on any atom is 0.376 e. The first-order chi connectivity index (χ1) is 6.64. The van der Waals surface area contributed by atoms with Crippen LogP contribution < -0.4 is 4.52 Å². The van der Waals surface area contributed by atoms with E-state index in [-0.39, 0.29) is 0 Å². The van der Waals surface area contributed by atoms with Gasteiger partial charge in [0.15, 0.2) is 0 Å². The quantitative estimate of drug-likeness (QED) is 0.705. The molecule has 0 bridgehead atoms. The molecule has 0 aliphatic heterocycles. The van der Waals surface area contributed by atoms with Crippen molar-refractivity contribution >= 4 is 7.60 Å². The third-order valence-corrected chi connectivity index (χ3v) is 2.74. The number of rotatable bonds is 5. The van der Waals surface area contributed by atoms with Gasteiger partial charge in [-0.3, -0.25) is 4.52 Å². The summed E-state index contributed by atoms with van der Waals surface area (Å²) in [5.41, 5.74) is 0. The molecule has 0 aliphatic carbocycles. The van der Waals surface area contributed by atoms with E-state index in [2.05, 4.69) is 0 Å². The number of hydrogen-bond donors (Lipinski definition) is 0. The minimum atomic E-state index is -2.93. The molecule has 1 atom stereocenters. The summed E-state index contributed by atoms with van der Waals surface area (Å²) in [6, 6.07) is 9.04. The molecule has 1 rings (SSSR count). The van der Waals surface area contributed by atoms with Crippen molar-refractivity contribution in [3.05, 3.63) is 30.3 Å². The molecule has 0 saturated heterocycles. The molecule has 1 aromatic carbocycles. The molecule has 4 heteroatoms. The van der Waals surface area contributed by atoms with E-state index >= 15 is 0 Å². The Bertz CT molecular complexity index is 310. The van der Waals surface area contributed by atoms with E-state index in [1.807, 2.05) is 25.1 Å². The molecule has 3 nitrogen and oxygen atoms in total. The first-order valence-corrected chi connectivity index (χ1v) is 6.60. The second kappa shape index (κ2) is 5.18. The zero-order valence-electron chi connectivity index (χ0n) is 8.47. The molecule has 1 aromatic rings. The van der Waals surface area contributed by atoms with Crippen LogP contribution in [0.3, 0.4) is 0 Å². The minimum absolute atomic E-state index is 0.459. The van der Waals surface area contributed by atoms with Crippen molar-refractivity contribution in [2.24, 2.45) is 0 Å². The highest BCUT2D eigenvalue weighted by molar-refractivity contribution is 7.53. The third-order valence-electron chi connectivity index (χ3n) is 1.54. The summed E-state index contributed by atoms with van der Waals surface area (Å²) in [5.74, 6) is 0.578. The first-order valence-electron chi connectivity index (χ1n) is 4.61. The summed E-state index contributed by atoms with van der Waals surface area (Å²) >= 11 is 0. The lowest BCUT2D eigenvalue weighted by atomic mass is 10.3. The molecule has 0 spiro atoms. The number of hydrogen-bond acceptors (Lipinski definition) is 3. The largest absolute Gasteiger partial charge is 0.425 e. The van der Waals surface area contributed by atoms with Crippen LogP contribution in [0.5, 0.6) is 5.75 Å². The van der Waals surface area contributed by atoms with E-state index in [1.165, 1.54) is 6.66 Å². The fourth-order valence-corrected chi connectivity index (χ4v) is 2.03. The Labute approximate surface area is 84.6 Å². The molecule has 0 amide bonds. The van der Waals surface area contributed by atoms with Crippen LogP contribution in [0.25, 0.3) is 0 Å². The van der Waals surface area contributed by atoms with Crippen LogP contribution in [0.1, 0.15) is 13.3 Å². The van der Waals surface area contributed by atoms with Crippen molar-refractivity contribution in [1.29, 1.82) is 0 Å². The van der Waals surface area contributed by atoms with Crippen LogP contribution in [-0.2, 0) is 9.09 Å². The summed E-state index contributed by atoms with van der Waals surface area (Å²) < 4.78 is 22.1. The van der Waals surface area contributed by atoms with Gasteiger partial charge in [0.1, 0.15) is 5.75 Å². The van der Waals surface area contributed by atoms with Crippen LogP contribution in [0, 0.1) is 0 Å². The van der Waals surface area contributed by atoms with Crippen LogP contribution in [0.2, 0.25) is 0 Å². The summed E-state index contributed by atoms with van der Waals surface area (Å²) in [4.78, 5) is 0. The Hall–Kier alpha value is -0.790. The molecule has 0 aliphatic rings. The van der Waals surface area contributed by atoms with E-state index in [1.54, 1.807) is 12.1 Å². The van der Waals surface area contributed by atoms with Crippen molar-refractivity contribution in [2.75, 3.05) is 13.3 Å². The van der Waals surface area contributed by atoms with E-state index in [4.69, 9.17) is 9.05 Å². The predicted molar refractivity (Wildman–Crippen MR) is 56.8 cm³/mol. The van der Waals surface area contributed by atoms with Gasteiger partial charge < -0.3 is 4.52 Å². The topological polar surface area (TPSA) is 35.5 Å². The average molecular weight is 214 g/mol. The van der Waals surface area contributed by atoms with Crippen LogP contribution in [0.15, 0.2) is 30.3 Å².